The highest BCUT2D eigenvalue weighted by molar-refractivity contribution is 5.97. The predicted molar refractivity (Wildman–Crippen MR) is 152 cm³/mol. The van der Waals surface area contributed by atoms with Gasteiger partial charge in [-0.2, -0.15) is 0 Å². The monoisotopic (exact) mass is 532 g/mol. The average Bonchev–Trinajstić information content (AvgIpc) is 3.23. The maximum absolute atomic E-state index is 13.6. The molecule has 3 heterocycles. The van der Waals surface area contributed by atoms with E-state index in [0.717, 1.165) is 42.5 Å². The van der Waals surface area contributed by atoms with Crippen LogP contribution in [0.15, 0.2) is 47.3 Å². The molecule has 1 spiro atoms. The van der Waals surface area contributed by atoms with Crippen molar-refractivity contribution in [2.24, 2.45) is 5.41 Å². The molecule has 0 aliphatic carbocycles. The molecule has 3 aromatic rings. The van der Waals surface area contributed by atoms with E-state index in [9.17, 15) is 14.4 Å². The third-order valence-electron chi connectivity index (χ3n) is 8.58. The summed E-state index contributed by atoms with van der Waals surface area (Å²) in [5.41, 5.74) is 2.92. The first kappa shape index (κ1) is 27.0. The molecule has 2 aliphatic heterocycles. The van der Waals surface area contributed by atoms with Gasteiger partial charge in [0, 0.05) is 31.7 Å². The fourth-order valence-electron chi connectivity index (χ4n) is 6.24. The zero-order chi connectivity index (χ0) is 27.6. The molecule has 2 aliphatic rings. The van der Waals surface area contributed by atoms with Crippen molar-refractivity contribution in [2.75, 3.05) is 19.7 Å². The Bertz CT molecular complexity index is 1410. The van der Waals surface area contributed by atoms with E-state index in [4.69, 9.17) is 4.74 Å². The molecule has 208 valence electrons. The van der Waals surface area contributed by atoms with E-state index < -0.39 is 5.41 Å². The highest BCUT2D eigenvalue weighted by atomic mass is 16.5. The molecule has 1 N–H and O–H groups in total. The molecule has 1 fully saturated rings. The van der Waals surface area contributed by atoms with Gasteiger partial charge in [0.1, 0.15) is 12.4 Å². The third-order valence-corrected chi connectivity index (χ3v) is 8.58. The van der Waals surface area contributed by atoms with Gasteiger partial charge >= 0.3 is 5.69 Å². The van der Waals surface area contributed by atoms with Crippen LogP contribution in [0.4, 0.5) is 0 Å². The quantitative estimate of drug-likeness (QED) is 0.543. The zero-order valence-electron chi connectivity index (χ0n) is 23.4. The number of fused-ring (bicyclic) bond motifs is 2. The lowest BCUT2D eigenvalue weighted by Gasteiger charge is -2.41. The average molecular weight is 533 g/mol. The van der Waals surface area contributed by atoms with Crippen molar-refractivity contribution in [3.63, 3.8) is 0 Å². The van der Waals surface area contributed by atoms with Gasteiger partial charge in [-0.1, -0.05) is 24.6 Å². The van der Waals surface area contributed by atoms with Crippen LogP contribution in [0, 0.1) is 5.41 Å². The van der Waals surface area contributed by atoms with E-state index in [0.29, 0.717) is 51.2 Å². The molecule has 1 aromatic heterocycles. The van der Waals surface area contributed by atoms with Gasteiger partial charge in [-0.05, 0) is 82.7 Å². The Labute approximate surface area is 229 Å². The number of imidazole rings is 1. The van der Waals surface area contributed by atoms with Crippen molar-refractivity contribution in [1.29, 1.82) is 0 Å². The molecule has 0 radical (unpaired) electrons. The van der Waals surface area contributed by atoms with Crippen LogP contribution in [0.25, 0.3) is 11.0 Å². The van der Waals surface area contributed by atoms with E-state index >= 15 is 0 Å². The van der Waals surface area contributed by atoms with Crippen molar-refractivity contribution in [3.8, 4) is 5.75 Å². The number of carbonyl (C=O) groups excluding carboxylic acids is 2. The molecular weight excluding hydrogens is 492 g/mol. The summed E-state index contributed by atoms with van der Waals surface area (Å²) in [7, 11) is 0. The van der Waals surface area contributed by atoms with Crippen molar-refractivity contribution in [1.82, 2.24) is 19.4 Å². The molecular formula is C31H40N4O4. The second-order valence-corrected chi connectivity index (χ2v) is 11.0. The maximum Gasteiger partial charge on any atom is 0.329 e. The van der Waals surface area contributed by atoms with Gasteiger partial charge in [-0.15, -0.1) is 0 Å². The maximum atomic E-state index is 13.6. The smallest absolute Gasteiger partial charge is 0.329 e. The van der Waals surface area contributed by atoms with Gasteiger partial charge in [0.2, 0.25) is 5.91 Å². The lowest BCUT2D eigenvalue weighted by molar-refractivity contribution is -0.135. The SMILES string of the molecule is CCn1c(=O)n(CC)c2cc(C(=O)N3CCC4(CCCCc5ccccc5OC[C@@H](C)NC4=O)CC3)ccc21. The topological polar surface area (TPSA) is 85.6 Å². The fourth-order valence-corrected chi connectivity index (χ4v) is 6.24. The normalized spacial score (nSPS) is 20.0. The summed E-state index contributed by atoms with van der Waals surface area (Å²) < 4.78 is 9.53. The van der Waals surface area contributed by atoms with Crippen molar-refractivity contribution in [3.05, 3.63) is 64.1 Å². The number of likely N-dealkylation sites (tertiary alicyclic amines) is 1. The second kappa shape index (κ2) is 11.3. The number of ether oxygens (including phenoxy) is 1. The molecule has 0 unspecified atom stereocenters. The number of aryl methyl sites for hydroxylation is 3. The van der Waals surface area contributed by atoms with E-state index in [1.54, 1.807) is 9.13 Å². The van der Waals surface area contributed by atoms with Gasteiger partial charge in [-0.25, -0.2) is 4.79 Å². The molecule has 8 nitrogen and oxygen atoms in total. The summed E-state index contributed by atoms with van der Waals surface area (Å²) in [6.07, 6.45) is 4.97. The van der Waals surface area contributed by atoms with Crippen LogP contribution >= 0.6 is 0 Å². The zero-order valence-corrected chi connectivity index (χ0v) is 23.4. The first-order valence-corrected chi connectivity index (χ1v) is 14.4. The number of carbonyl (C=O) groups is 2. The number of hydrogen-bond acceptors (Lipinski definition) is 4. The molecule has 8 heteroatoms. The number of hydrogen-bond donors (Lipinski definition) is 1. The number of nitrogens with zero attached hydrogens (tertiary/aromatic N) is 3. The number of piperidine rings is 1. The summed E-state index contributed by atoms with van der Waals surface area (Å²) in [4.78, 5) is 41.7. The summed E-state index contributed by atoms with van der Waals surface area (Å²) in [6, 6.07) is 13.6. The number of amides is 2. The van der Waals surface area contributed by atoms with Crippen molar-refractivity contribution >= 4 is 22.8 Å². The second-order valence-electron chi connectivity index (χ2n) is 11.0. The van der Waals surface area contributed by atoms with E-state index in [-0.39, 0.29) is 23.5 Å². The van der Waals surface area contributed by atoms with Crippen molar-refractivity contribution in [2.45, 2.75) is 78.4 Å². The summed E-state index contributed by atoms with van der Waals surface area (Å²) >= 11 is 0. The van der Waals surface area contributed by atoms with Crippen LogP contribution in [-0.2, 0) is 24.3 Å². The molecule has 2 amide bonds. The van der Waals surface area contributed by atoms with Crippen LogP contribution < -0.4 is 15.7 Å². The van der Waals surface area contributed by atoms with Gasteiger partial charge in [0.25, 0.3) is 5.91 Å². The lowest BCUT2D eigenvalue weighted by Crippen LogP contribution is -2.52. The highest BCUT2D eigenvalue weighted by Crippen LogP contribution is 2.38. The Balaban J connectivity index is 1.31. The lowest BCUT2D eigenvalue weighted by atomic mass is 9.73. The third kappa shape index (κ3) is 5.21. The highest BCUT2D eigenvalue weighted by Gasteiger charge is 2.42. The molecule has 1 atom stereocenters. The van der Waals surface area contributed by atoms with Crippen LogP contribution in [-0.4, -0.2) is 51.6 Å². The Morgan fingerprint density at radius 1 is 0.974 bits per heavy atom. The van der Waals surface area contributed by atoms with E-state index in [1.807, 2.05) is 62.1 Å². The minimum atomic E-state index is -0.477. The standard InChI is InChI=1S/C31H40N4O4/c1-4-34-25-14-13-24(20-26(25)35(5-2)30(34)38)28(36)33-18-16-31(17-19-33)15-9-8-11-23-10-6-7-12-27(23)39-21-22(3)32-29(31)37/h6-7,10,12-14,20,22H,4-5,8-9,11,15-19,21H2,1-3H3,(H,32,37)/t22-/m1/s1. The number of benzene rings is 2. The number of aromatic nitrogens is 2. The minimum Gasteiger partial charge on any atom is -0.491 e. The van der Waals surface area contributed by atoms with Gasteiger partial charge in [0.05, 0.1) is 22.5 Å². The molecule has 5 rings (SSSR count). The number of nitrogens with one attached hydrogen (secondary N) is 1. The Morgan fingerprint density at radius 3 is 2.44 bits per heavy atom. The Kier molecular flexibility index (Phi) is 7.82. The summed E-state index contributed by atoms with van der Waals surface area (Å²) in [5.74, 6) is 0.938. The predicted octanol–water partition coefficient (Wildman–Crippen LogP) is 4.38. The minimum absolute atomic E-state index is 0.0435. The first-order chi connectivity index (χ1) is 18.9. The number of rotatable bonds is 3. The largest absolute Gasteiger partial charge is 0.491 e. The van der Waals surface area contributed by atoms with Crippen LogP contribution in [0.1, 0.15) is 68.8 Å². The van der Waals surface area contributed by atoms with Crippen LogP contribution in [0.5, 0.6) is 5.75 Å². The fraction of sp³-hybridized carbons (Fsp3) is 0.516. The molecule has 39 heavy (non-hydrogen) atoms. The Hall–Kier alpha value is -3.55. The number of para-hydroxylation sites is 1. The molecule has 0 saturated carbocycles. The first-order valence-electron chi connectivity index (χ1n) is 14.4. The van der Waals surface area contributed by atoms with Gasteiger partial charge in [0.15, 0.2) is 0 Å². The Morgan fingerprint density at radius 2 is 1.69 bits per heavy atom. The summed E-state index contributed by atoms with van der Waals surface area (Å²) in [6.45, 7) is 8.52. The molecule has 0 bridgehead atoms. The van der Waals surface area contributed by atoms with Gasteiger partial charge in [-0.3, -0.25) is 18.7 Å². The molecule has 2 aromatic carbocycles. The van der Waals surface area contributed by atoms with Crippen molar-refractivity contribution < 1.29 is 14.3 Å². The van der Waals surface area contributed by atoms with E-state index in [1.165, 1.54) is 5.56 Å². The van der Waals surface area contributed by atoms with Crippen LogP contribution in [0.2, 0.25) is 0 Å². The van der Waals surface area contributed by atoms with Gasteiger partial charge < -0.3 is 15.0 Å². The molecule has 1 saturated heterocycles. The van der Waals surface area contributed by atoms with E-state index in [2.05, 4.69) is 11.4 Å². The summed E-state index contributed by atoms with van der Waals surface area (Å²) in [5, 5.41) is 3.21. The van der Waals surface area contributed by atoms with Crippen LogP contribution in [0.3, 0.4) is 0 Å².